The van der Waals surface area contributed by atoms with Crippen molar-refractivity contribution in [2.45, 2.75) is 18.9 Å². The van der Waals surface area contributed by atoms with Gasteiger partial charge in [0.1, 0.15) is 6.04 Å². The van der Waals surface area contributed by atoms with Crippen molar-refractivity contribution in [3.8, 4) is 0 Å². The number of carbonyl (C=O) groups is 2. The number of rotatable bonds is 2. The van der Waals surface area contributed by atoms with Crippen molar-refractivity contribution in [1.82, 2.24) is 4.90 Å². The van der Waals surface area contributed by atoms with Gasteiger partial charge in [-0.2, -0.15) is 0 Å². The smallest absolute Gasteiger partial charge is 0.326 e. The van der Waals surface area contributed by atoms with E-state index in [9.17, 15) is 9.59 Å². The fourth-order valence-corrected chi connectivity index (χ4v) is 2.67. The summed E-state index contributed by atoms with van der Waals surface area (Å²) in [6, 6.07) is 3.98. The van der Waals surface area contributed by atoms with Crippen LogP contribution in [0.25, 0.3) is 0 Å². The highest BCUT2D eigenvalue weighted by Crippen LogP contribution is 2.28. The van der Waals surface area contributed by atoms with Gasteiger partial charge in [-0.1, -0.05) is 29.3 Å². The number of carboxylic acids is 1. The number of amides is 1. The molecule has 0 spiro atoms. The molecule has 18 heavy (non-hydrogen) atoms. The maximum Gasteiger partial charge on any atom is 0.326 e. The van der Waals surface area contributed by atoms with Crippen LogP contribution in [0, 0.1) is 0 Å². The van der Waals surface area contributed by atoms with Gasteiger partial charge in [0.25, 0.3) is 5.91 Å². The highest BCUT2D eigenvalue weighted by atomic mass is 35.5. The van der Waals surface area contributed by atoms with Crippen LogP contribution in [-0.4, -0.2) is 34.5 Å². The average molecular weight is 288 g/mol. The van der Waals surface area contributed by atoms with E-state index in [1.165, 1.54) is 4.90 Å². The molecule has 1 fully saturated rings. The van der Waals surface area contributed by atoms with Crippen molar-refractivity contribution < 1.29 is 14.7 Å². The van der Waals surface area contributed by atoms with Crippen molar-refractivity contribution in [3.63, 3.8) is 0 Å². The number of aliphatic carboxylic acids is 1. The largest absolute Gasteiger partial charge is 0.480 e. The van der Waals surface area contributed by atoms with Gasteiger partial charge in [-0.3, -0.25) is 4.79 Å². The molecule has 1 saturated heterocycles. The topological polar surface area (TPSA) is 57.6 Å². The summed E-state index contributed by atoms with van der Waals surface area (Å²) >= 11 is 11.9. The van der Waals surface area contributed by atoms with Crippen LogP contribution in [0.3, 0.4) is 0 Å². The first-order chi connectivity index (χ1) is 8.52. The lowest BCUT2D eigenvalue weighted by molar-refractivity contribution is -0.141. The Bertz CT molecular complexity index is 484. The summed E-state index contributed by atoms with van der Waals surface area (Å²) in [5, 5.41) is 9.54. The number of carbonyl (C=O) groups excluding carboxylic acids is 1. The monoisotopic (exact) mass is 287 g/mol. The predicted octanol–water partition coefficient (Wildman–Crippen LogP) is 2.68. The van der Waals surface area contributed by atoms with Gasteiger partial charge in [-0.05, 0) is 25.0 Å². The van der Waals surface area contributed by atoms with E-state index < -0.39 is 17.9 Å². The van der Waals surface area contributed by atoms with E-state index in [0.717, 1.165) is 0 Å². The van der Waals surface area contributed by atoms with Crippen molar-refractivity contribution in [2.75, 3.05) is 6.54 Å². The summed E-state index contributed by atoms with van der Waals surface area (Å²) < 4.78 is 0. The third-order valence-corrected chi connectivity index (χ3v) is 3.61. The fourth-order valence-electron chi connectivity index (χ4n) is 2.11. The molecule has 1 aliphatic heterocycles. The summed E-state index contributed by atoms with van der Waals surface area (Å²) in [7, 11) is 0. The van der Waals surface area contributed by atoms with Gasteiger partial charge < -0.3 is 10.0 Å². The first-order valence-electron chi connectivity index (χ1n) is 5.50. The minimum atomic E-state index is -0.996. The first kappa shape index (κ1) is 13.2. The SMILES string of the molecule is O=C(O)[C@@H]1CCCN1C(=O)c1c(Cl)cccc1Cl. The molecule has 96 valence electrons. The second kappa shape index (κ2) is 5.16. The molecular weight excluding hydrogens is 277 g/mol. The Kier molecular flexibility index (Phi) is 3.78. The van der Waals surface area contributed by atoms with Gasteiger partial charge in [-0.25, -0.2) is 4.79 Å². The summed E-state index contributed by atoms with van der Waals surface area (Å²) in [4.78, 5) is 24.7. The molecule has 0 radical (unpaired) electrons. The highest BCUT2D eigenvalue weighted by molar-refractivity contribution is 6.39. The van der Waals surface area contributed by atoms with Gasteiger partial charge in [0.2, 0.25) is 0 Å². The van der Waals surface area contributed by atoms with Crippen LogP contribution in [0.1, 0.15) is 23.2 Å². The van der Waals surface area contributed by atoms with Crippen molar-refractivity contribution in [1.29, 1.82) is 0 Å². The molecule has 0 unspecified atom stereocenters. The Hall–Kier alpha value is -1.26. The zero-order chi connectivity index (χ0) is 13.3. The molecule has 6 heteroatoms. The molecule has 1 aromatic carbocycles. The zero-order valence-corrected chi connectivity index (χ0v) is 10.9. The maximum absolute atomic E-state index is 12.3. The lowest BCUT2D eigenvalue weighted by Gasteiger charge is -2.22. The number of nitrogens with zero attached hydrogens (tertiary/aromatic N) is 1. The minimum Gasteiger partial charge on any atom is -0.480 e. The van der Waals surface area contributed by atoms with E-state index in [4.69, 9.17) is 28.3 Å². The van der Waals surface area contributed by atoms with Crippen LogP contribution in [0.4, 0.5) is 0 Å². The molecule has 1 N–H and O–H groups in total. The Labute approximate surface area is 114 Å². The molecule has 1 atom stereocenters. The van der Waals surface area contributed by atoms with Gasteiger partial charge in [0, 0.05) is 6.54 Å². The number of hydrogen-bond donors (Lipinski definition) is 1. The van der Waals surface area contributed by atoms with Gasteiger partial charge in [0.15, 0.2) is 0 Å². The fraction of sp³-hybridized carbons (Fsp3) is 0.333. The van der Waals surface area contributed by atoms with Gasteiger partial charge in [-0.15, -0.1) is 0 Å². The Morgan fingerprint density at radius 2 is 1.89 bits per heavy atom. The van der Waals surface area contributed by atoms with E-state index in [1.54, 1.807) is 18.2 Å². The van der Waals surface area contributed by atoms with Crippen molar-refractivity contribution in [3.05, 3.63) is 33.8 Å². The molecule has 1 amide bonds. The molecule has 1 aromatic rings. The first-order valence-corrected chi connectivity index (χ1v) is 6.25. The molecule has 2 rings (SSSR count). The van der Waals surface area contributed by atoms with Gasteiger partial charge in [0.05, 0.1) is 15.6 Å². The molecule has 0 bridgehead atoms. The summed E-state index contributed by atoms with van der Waals surface area (Å²) in [5.41, 5.74) is 0.175. The summed E-state index contributed by atoms with van der Waals surface area (Å²) in [6.07, 6.45) is 1.13. The number of benzene rings is 1. The van der Waals surface area contributed by atoms with E-state index >= 15 is 0 Å². The number of hydrogen-bond acceptors (Lipinski definition) is 2. The number of halogens is 2. The standard InChI is InChI=1S/C12H11Cl2NO3/c13-7-3-1-4-8(14)10(7)11(16)15-6-2-5-9(15)12(17)18/h1,3-4,9H,2,5-6H2,(H,17,18)/t9-/m0/s1. The Balaban J connectivity index is 2.34. The highest BCUT2D eigenvalue weighted by Gasteiger charge is 2.35. The van der Waals surface area contributed by atoms with E-state index in [2.05, 4.69) is 0 Å². The minimum absolute atomic E-state index is 0.175. The van der Waals surface area contributed by atoms with E-state index in [1.807, 2.05) is 0 Å². The van der Waals surface area contributed by atoms with Crippen LogP contribution in [0.15, 0.2) is 18.2 Å². The van der Waals surface area contributed by atoms with Crippen LogP contribution < -0.4 is 0 Å². The third-order valence-electron chi connectivity index (χ3n) is 2.98. The lowest BCUT2D eigenvalue weighted by Crippen LogP contribution is -2.40. The maximum atomic E-state index is 12.3. The van der Waals surface area contributed by atoms with Crippen LogP contribution >= 0.6 is 23.2 Å². The number of carboxylic acid groups (broad SMARTS) is 1. The normalized spacial score (nSPS) is 19.0. The van der Waals surface area contributed by atoms with Crippen molar-refractivity contribution >= 4 is 35.1 Å². The number of likely N-dealkylation sites (tertiary alicyclic amines) is 1. The average Bonchev–Trinajstić information content (AvgIpc) is 2.77. The van der Waals surface area contributed by atoms with Crippen molar-refractivity contribution in [2.24, 2.45) is 0 Å². The molecule has 0 aliphatic carbocycles. The quantitative estimate of drug-likeness (QED) is 0.910. The van der Waals surface area contributed by atoms with Crippen LogP contribution in [0.2, 0.25) is 10.0 Å². The van der Waals surface area contributed by atoms with E-state index in [-0.39, 0.29) is 15.6 Å². The molecular formula is C12H11Cl2NO3. The second-order valence-electron chi connectivity index (χ2n) is 4.09. The summed E-state index contributed by atoms with van der Waals surface area (Å²) in [6.45, 7) is 0.414. The lowest BCUT2D eigenvalue weighted by atomic mass is 10.1. The molecule has 0 saturated carbocycles. The Morgan fingerprint density at radius 1 is 1.28 bits per heavy atom. The third kappa shape index (κ3) is 2.31. The van der Waals surface area contributed by atoms with Gasteiger partial charge >= 0.3 is 5.97 Å². The molecule has 4 nitrogen and oxygen atoms in total. The molecule has 0 aromatic heterocycles. The Morgan fingerprint density at radius 3 is 2.44 bits per heavy atom. The molecule has 1 aliphatic rings. The predicted molar refractivity (Wildman–Crippen MR) is 68.2 cm³/mol. The van der Waals surface area contributed by atoms with Crippen LogP contribution in [-0.2, 0) is 4.79 Å². The second-order valence-corrected chi connectivity index (χ2v) is 4.91. The van der Waals surface area contributed by atoms with E-state index in [0.29, 0.717) is 19.4 Å². The summed E-state index contributed by atoms with van der Waals surface area (Å²) in [5.74, 6) is -1.42. The zero-order valence-electron chi connectivity index (χ0n) is 9.40. The van der Waals surface area contributed by atoms with Crippen LogP contribution in [0.5, 0.6) is 0 Å². The molecule has 1 heterocycles.